The summed E-state index contributed by atoms with van der Waals surface area (Å²) in [6, 6.07) is 15.5. The Bertz CT molecular complexity index is 594. The lowest BCUT2D eigenvalue weighted by atomic mass is 9.87. The number of fused-ring (bicyclic) bond motifs is 1. The van der Waals surface area contributed by atoms with E-state index in [4.69, 9.17) is 9.47 Å². The number of aryl methyl sites for hydroxylation is 1. The van der Waals surface area contributed by atoms with Crippen LogP contribution in [0.1, 0.15) is 23.7 Å². The van der Waals surface area contributed by atoms with E-state index in [1.807, 2.05) is 42.5 Å². The summed E-state index contributed by atoms with van der Waals surface area (Å²) in [5, 5.41) is 10.5. The van der Waals surface area contributed by atoms with Crippen LogP contribution in [0.4, 0.5) is 0 Å². The van der Waals surface area contributed by atoms with Crippen molar-refractivity contribution in [3.8, 4) is 11.5 Å². The highest BCUT2D eigenvalue weighted by Gasteiger charge is 2.29. The molecule has 104 valence electrons. The Morgan fingerprint density at radius 1 is 1.00 bits per heavy atom. The van der Waals surface area contributed by atoms with Gasteiger partial charge in [0.25, 0.3) is 0 Å². The van der Waals surface area contributed by atoms with Crippen LogP contribution in [0, 0.1) is 0 Å². The number of benzene rings is 2. The number of aliphatic hydroxyl groups excluding tert-OH is 1. The van der Waals surface area contributed by atoms with Crippen LogP contribution < -0.4 is 9.47 Å². The number of aliphatic hydroxyl groups is 1. The predicted molar refractivity (Wildman–Crippen MR) is 77.1 cm³/mol. The van der Waals surface area contributed by atoms with Gasteiger partial charge >= 0.3 is 0 Å². The molecule has 2 atom stereocenters. The smallest absolute Gasteiger partial charge is 0.161 e. The van der Waals surface area contributed by atoms with E-state index in [1.165, 1.54) is 5.56 Å². The van der Waals surface area contributed by atoms with Gasteiger partial charge in [-0.3, -0.25) is 0 Å². The maximum Gasteiger partial charge on any atom is 0.161 e. The molecule has 0 saturated heterocycles. The molecule has 0 aromatic heterocycles. The molecule has 0 saturated carbocycles. The van der Waals surface area contributed by atoms with Gasteiger partial charge in [-0.25, -0.2) is 0 Å². The van der Waals surface area contributed by atoms with Crippen molar-refractivity contribution >= 4 is 0 Å². The van der Waals surface area contributed by atoms with E-state index in [2.05, 4.69) is 6.07 Å². The lowest BCUT2D eigenvalue weighted by Gasteiger charge is -2.30. The summed E-state index contributed by atoms with van der Waals surface area (Å²) >= 11 is 0. The average molecular weight is 270 g/mol. The highest BCUT2D eigenvalue weighted by Crippen LogP contribution is 2.35. The zero-order chi connectivity index (χ0) is 13.9. The van der Waals surface area contributed by atoms with E-state index < -0.39 is 6.10 Å². The van der Waals surface area contributed by atoms with Crippen LogP contribution in [0.2, 0.25) is 0 Å². The van der Waals surface area contributed by atoms with Crippen LogP contribution in [0.3, 0.4) is 0 Å². The standard InChI is InChI=1S/C17H18O3/c1-19-14-8-4-5-9-15(14)20-16-11-10-12-6-2-3-7-13(12)17(16)18/h2-9,16-18H,10-11H2,1H3. The molecule has 3 rings (SSSR count). The number of hydrogen-bond donors (Lipinski definition) is 1. The van der Waals surface area contributed by atoms with Crippen LogP contribution in [0.5, 0.6) is 11.5 Å². The summed E-state index contributed by atoms with van der Waals surface area (Å²) < 4.78 is 11.3. The number of hydrogen-bond acceptors (Lipinski definition) is 3. The summed E-state index contributed by atoms with van der Waals surface area (Å²) in [6.45, 7) is 0. The minimum absolute atomic E-state index is 0.235. The molecule has 0 fully saturated rings. The quantitative estimate of drug-likeness (QED) is 0.931. The highest BCUT2D eigenvalue weighted by molar-refractivity contribution is 5.40. The zero-order valence-corrected chi connectivity index (χ0v) is 11.5. The molecule has 20 heavy (non-hydrogen) atoms. The minimum atomic E-state index is -0.593. The van der Waals surface area contributed by atoms with Crippen molar-refractivity contribution in [2.24, 2.45) is 0 Å². The summed E-state index contributed by atoms with van der Waals surface area (Å²) in [5.41, 5.74) is 2.18. The van der Waals surface area contributed by atoms with Gasteiger partial charge < -0.3 is 14.6 Å². The normalized spacial score (nSPS) is 21.1. The maximum atomic E-state index is 10.5. The minimum Gasteiger partial charge on any atom is -0.493 e. The summed E-state index contributed by atoms with van der Waals surface area (Å²) in [6.07, 6.45) is 0.898. The van der Waals surface area contributed by atoms with Crippen molar-refractivity contribution in [1.29, 1.82) is 0 Å². The number of ether oxygens (including phenoxy) is 2. The first-order chi connectivity index (χ1) is 9.79. The second kappa shape index (κ2) is 5.55. The molecule has 0 heterocycles. The Labute approximate surface area is 118 Å². The third-order valence-corrected chi connectivity index (χ3v) is 3.77. The molecule has 0 aliphatic heterocycles. The van der Waals surface area contributed by atoms with E-state index in [9.17, 15) is 5.11 Å². The van der Waals surface area contributed by atoms with Crippen LogP contribution in [0.15, 0.2) is 48.5 Å². The van der Waals surface area contributed by atoms with E-state index in [0.29, 0.717) is 11.5 Å². The molecule has 1 aliphatic rings. The molecule has 2 aromatic carbocycles. The lowest BCUT2D eigenvalue weighted by molar-refractivity contribution is 0.0216. The molecular weight excluding hydrogens is 252 g/mol. The third-order valence-electron chi connectivity index (χ3n) is 3.77. The first-order valence-corrected chi connectivity index (χ1v) is 6.85. The van der Waals surface area contributed by atoms with Crippen molar-refractivity contribution in [2.75, 3.05) is 7.11 Å². The van der Waals surface area contributed by atoms with E-state index >= 15 is 0 Å². The molecule has 1 N–H and O–H groups in total. The Morgan fingerprint density at radius 2 is 1.70 bits per heavy atom. The first-order valence-electron chi connectivity index (χ1n) is 6.85. The predicted octanol–water partition coefficient (Wildman–Crippen LogP) is 3.12. The molecule has 1 aliphatic carbocycles. The molecule has 0 amide bonds. The van der Waals surface area contributed by atoms with Crippen LogP contribution in [-0.2, 0) is 6.42 Å². The van der Waals surface area contributed by atoms with Crippen molar-refractivity contribution in [3.63, 3.8) is 0 Å². The molecule has 2 aromatic rings. The van der Waals surface area contributed by atoms with Gasteiger partial charge in [0.2, 0.25) is 0 Å². The Balaban J connectivity index is 1.83. The number of para-hydroxylation sites is 2. The van der Waals surface area contributed by atoms with Crippen LogP contribution in [0.25, 0.3) is 0 Å². The fourth-order valence-electron chi connectivity index (χ4n) is 2.71. The van der Waals surface area contributed by atoms with Crippen molar-refractivity contribution < 1.29 is 14.6 Å². The van der Waals surface area contributed by atoms with Gasteiger partial charge in [-0.05, 0) is 36.1 Å². The fraction of sp³-hybridized carbons (Fsp3) is 0.294. The summed E-state index contributed by atoms with van der Waals surface area (Å²) in [5.74, 6) is 1.37. The first kappa shape index (κ1) is 13.0. The maximum absolute atomic E-state index is 10.5. The third kappa shape index (κ3) is 2.37. The average Bonchev–Trinajstić information content (AvgIpc) is 2.51. The van der Waals surface area contributed by atoms with Crippen LogP contribution in [-0.4, -0.2) is 18.3 Å². The zero-order valence-electron chi connectivity index (χ0n) is 11.5. The van der Waals surface area contributed by atoms with Gasteiger partial charge in [0.05, 0.1) is 7.11 Å². The Morgan fingerprint density at radius 3 is 2.50 bits per heavy atom. The van der Waals surface area contributed by atoms with Crippen LogP contribution >= 0.6 is 0 Å². The van der Waals surface area contributed by atoms with E-state index in [-0.39, 0.29) is 6.10 Å². The molecule has 3 heteroatoms. The van der Waals surface area contributed by atoms with Gasteiger partial charge in [-0.15, -0.1) is 0 Å². The summed E-state index contributed by atoms with van der Waals surface area (Å²) in [7, 11) is 1.62. The molecular formula is C17H18O3. The molecule has 2 unspecified atom stereocenters. The molecule has 0 radical (unpaired) electrons. The summed E-state index contributed by atoms with van der Waals surface area (Å²) in [4.78, 5) is 0. The molecule has 0 bridgehead atoms. The Hall–Kier alpha value is -2.00. The van der Waals surface area contributed by atoms with Gasteiger partial charge in [0, 0.05) is 0 Å². The van der Waals surface area contributed by atoms with Gasteiger partial charge in [-0.2, -0.15) is 0 Å². The topological polar surface area (TPSA) is 38.7 Å². The SMILES string of the molecule is COc1ccccc1OC1CCc2ccccc2C1O. The Kier molecular flexibility index (Phi) is 3.61. The fourth-order valence-corrected chi connectivity index (χ4v) is 2.71. The lowest BCUT2D eigenvalue weighted by Crippen LogP contribution is -2.30. The number of methoxy groups -OCH3 is 1. The monoisotopic (exact) mass is 270 g/mol. The van der Waals surface area contributed by atoms with Crippen molar-refractivity contribution in [2.45, 2.75) is 25.0 Å². The highest BCUT2D eigenvalue weighted by atomic mass is 16.5. The van der Waals surface area contributed by atoms with Crippen molar-refractivity contribution in [1.82, 2.24) is 0 Å². The second-order valence-electron chi connectivity index (χ2n) is 4.99. The van der Waals surface area contributed by atoms with E-state index in [1.54, 1.807) is 7.11 Å². The largest absolute Gasteiger partial charge is 0.493 e. The van der Waals surface area contributed by atoms with Crippen molar-refractivity contribution in [3.05, 3.63) is 59.7 Å². The van der Waals surface area contributed by atoms with Gasteiger partial charge in [-0.1, -0.05) is 36.4 Å². The van der Waals surface area contributed by atoms with Gasteiger partial charge in [0.1, 0.15) is 12.2 Å². The van der Waals surface area contributed by atoms with Gasteiger partial charge in [0.15, 0.2) is 11.5 Å². The molecule has 0 spiro atoms. The van der Waals surface area contributed by atoms with E-state index in [0.717, 1.165) is 18.4 Å². The number of rotatable bonds is 3. The molecule has 3 nitrogen and oxygen atoms in total. The second-order valence-corrected chi connectivity index (χ2v) is 4.99.